The number of nitrogens with one attached hydrogen (secondary N) is 2. The minimum atomic E-state index is -1.06. The number of amides is 2. The summed E-state index contributed by atoms with van der Waals surface area (Å²) in [6, 6.07) is 9.73. The van der Waals surface area contributed by atoms with E-state index in [0.29, 0.717) is 12.4 Å². The van der Waals surface area contributed by atoms with E-state index in [4.69, 9.17) is 0 Å². The minimum absolute atomic E-state index is 0.0690. The van der Waals surface area contributed by atoms with Crippen LogP contribution in [0.1, 0.15) is 44.4 Å². The fraction of sp³-hybridized carbons (Fsp3) is 0.458. The maximum Gasteiger partial charge on any atom is 0.329 e. The molecule has 8 heteroatoms. The van der Waals surface area contributed by atoms with E-state index in [1.54, 1.807) is 4.57 Å². The zero-order valence-corrected chi connectivity index (χ0v) is 20.2. The number of hydrogen-bond donors (Lipinski definition) is 2. The smallest absolute Gasteiger partial charge is 0.309 e. The molecule has 1 fully saturated rings. The molecule has 1 aromatic carbocycles. The van der Waals surface area contributed by atoms with Crippen molar-refractivity contribution in [2.75, 3.05) is 24.1 Å². The van der Waals surface area contributed by atoms with Crippen molar-refractivity contribution in [3.8, 4) is 0 Å². The van der Waals surface area contributed by atoms with E-state index in [1.165, 1.54) is 0 Å². The lowest BCUT2D eigenvalue weighted by Crippen LogP contribution is -2.51. The summed E-state index contributed by atoms with van der Waals surface area (Å²) in [7, 11) is -1.06. The lowest BCUT2D eigenvalue weighted by molar-refractivity contribution is -0.120. The summed E-state index contributed by atoms with van der Waals surface area (Å²) < 4.78 is 1.41. The lowest BCUT2D eigenvalue weighted by atomic mass is 9.83. The Kier molecular flexibility index (Phi) is 4.54. The summed E-state index contributed by atoms with van der Waals surface area (Å²) in [5.41, 5.74) is 2.09. The first-order valence-electron chi connectivity index (χ1n) is 11.0. The molecule has 7 nitrogen and oxygen atoms in total. The molecule has 2 N–H and O–H groups in total. The Bertz CT molecular complexity index is 1230. The van der Waals surface area contributed by atoms with E-state index in [9.17, 15) is 9.59 Å². The maximum absolute atomic E-state index is 13.6. The fourth-order valence-electron chi connectivity index (χ4n) is 5.14. The van der Waals surface area contributed by atoms with Gasteiger partial charge in [0.05, 0.1) is 28.0 Å². The van der Waals surface area contributed by atoms with Crippen molar-refractivity contribution in [1.82, 2.24) is 19.7 Å². The van der Waals surface area contributed by atoms with Crippen LogP contribution in [0.15, 0.2) is 36.5 Å². The molecule has 0 bridgehead atoms. The average molecular weight is 454 g/mol. The molecule has 1 aliphatic heterocycles. The summed E-state index contributed by atoms with van der Waals surface area (Å²) in [5.74, 6) is 0.625. The molecule has 2 amide bonds. The van der Waals surface area contributed by atoms with Crippen molar-refractivity contribution in [2.24, 2.45) is 0 Å². The van der Waals surface area contributed by atoms with Crippen molar-refractivity contribution in [2.45, 2.75) is 49.9 Å². The maximum atomic E-state index is 13.6. The van der Waals surface area contributed by atoms with Crippen molar-refractivity contribution in [1.29, 1.82) is 0 Å². The van der Waals surface area contributed by atoms with E-state index in [-0.39, 0.29) is 16.7 Å². The van der Waals surface area contributed by atoms with Crippen molar-refractivity contribution in [3.05, 3.63) is 47.8 Å². The number of para-hydroxylation sites is 1. The van der Waals surface area contributed by atoms with Crippen LogP contribution in [0.4, 0.5) is 10.6 Å². The SMILES string of the molecule is CC1(C)c2[nH]nc(NC(=O)C3(S(C)(C)C)CCC3)c2CN1C(=O)n1ccc2ccccc21. The molecule has 32 heavy (non-hydrogen) atoms. The molecule has 3 aromatic rings. The highest BCUT2D eigenvalue weighted by Gasteiger charge is 2.51. The van der Waals surface area contributed by atoms with Crippen molar-refractivity contribution in [3.63, 3.8) is 0 Å². The number of carbonyl (C=O) groups is 2. The van der Waals surface area contributed by atoms with Gasteiger partial charge in [-0.2, -0.15) is 5.10 Å². The van der Waals surface area contributed by atoms with Gasteiger partial charge in [0.15, 0.2) is 5.82 Å². The number of hydrogen-bond acceptors (Lipinski definition) is 3. The number of H-pyrrole nitrogens is 1. The van der Waals surface area contributed by atoms with Crippen LogP contribution in [-0.2, 0) is 16.9 Å². The lowest BCUT2D eigenvalue weighted by Gasteiger charge is -2.53. The molecule has 0 unspecified atom stereocenters. The first-order valence-corrected chi connectivity index (χ1v) is 13.9. The molecule has 2 aliphatic rings. The average Bonchev–Trinajstić information content (AvgIpc) is 3.33. The number of nitrogens with zero attached hydrogens (tertiary/aromatic N) is 3. The van der Waals surface area contributed by atoms with Gasteiger partial charge in [0.1, 0.15) is 0 Å². The monoisotopic (exact) mass is 453 g/mol. The van der Waals surface area contributed by atoms with Crippen LogP contribution in [-0.4, -0.2) is 55.1 Å². The van der Waals surface area contributed by atoms with E-state index in [0.717, 1.165) is 41.4 Å². The minimum Gasteiger partial charge on any atom is -0.309 e. The summed E-state index contributed by atoms with van der Waals surface area (Å²) in [5, 5.41) is 11.7. The third-order valence-corrected chi connectivity index (χ3v) is 10.4. The predicted octanol–water partition coefficient (Wildman–Crippen LogP) is 4.64. The topological polar surface area (TPSA) is 83.0 Å². The van der Waals surface area contributed by atoms with Crippen LogP contribution in [0.3, 0.4) is 0 Å². The summed E-state index contributed by atoms with van der Waals surface area (Å²) >= 11 is 0. The zero-order chi connectivity index (χ0) is 22.9. The Morgan fingerprint density at radius 2 is 1.84 bits per heavy atom. The number of aromatic amines is 1. The van der Waals surface area contributed by atoms with E-state index < -0.39 is 15.6 Å². The van der Waals surface area contributed by atoms with Gasteiger partial charge < -0.3 is 10.2 Å². The number of rotatable bonds is 3. The normalized spacial score (nSPS) is 19.5. The predicted molar refractivity (Wildman–Crippen MR) is 130 cm³/mol. The van der Waals surface area contributed by atoms with Gasteiger partial charge in [0.25, 0.3) is 0 Å². The molecule has 3 heterocycles. The number of aromatic nitrogens is 3. The quantitative estimate of drug-likeness (QED) is 0.606. The number of benzene rings is 1. The molecule has 5 rings (SSSR count). The Labute approximate surface area is 189 Å². The first kappa shape index (κ1) is 21.1. The molecular formula is C24H31N5O2S. The Morgan fingerprint density at radius 1 is 1.12 bits per heavy atom. The van der Waals surface area contributed by atoms with Crippen LogP contribution in [0.2, 0.25) is 0 Å². The molecule has 170 valence electrons. The molecule has 0 spiro atoms. The standard InChI is InChI=1S/C24H31N5O2S/c1-23(2)19-17(15-29(23)22(31)28-14-11-16-9-6-7-10-18(16)28)20(27-26-19)25-21(30)24(12-8-13-24)32(3,4)5/h6-7,9-11,14H,8,12-13,15H2,1-5H3,(H2,25,26,27,30). The summed E-state index contributed by atoms with van der Waals surface area (Å²) in [6.07, 6.45) is 11.4. The second-order valence-corrected chi connectivity index (χ2v) is 14.7. The molecule has 1 saturated carbocycles. The van der Waals surface area contributed by atoms with Crippen LogP contribution >= 0.6 is 10.0 Å². The third-order valence-electron chi connectivity index (χ3n) is 7.49. The largest absolute Gasteiger partial charge is 0.329 e. The molecule has 0 radical (unpaired) electrons. The highest BCUT2D eigenvalue weighted by molar-refractivity contribution is 8.33. The van der Waals surface area contributed by atoms with Crippen molar-refractivity contribution < 1.29 is 9.59 Å². The molecule has 0 saturated heterocycles. The van der Waals surface area contributed by atoms with Crippen LogP contribution in [0, 0.1) is 0 Å². The Hall–Kier alpha value is -2.74. The third kappa shape index (κ3) is 2.85. The Balaban J connectivity index is 1.44. The van der Waals surface area contributed by atoms with E-state index in [1.807, 2.05) is 55.3 Å². The van der Waals surface area contributed by atoms with Crippen LogP contribution < -0.4 is 5.32 Å². The molecule has 0 atom stereocenters. The Morgan fingerprint density at radius 3 is 2.50 bits per heavy atom. The second kappa shape index (κ2) is 6.88. The van der Waals surface area contributed by atoms with Gasteiger partial charge in [-0.15, -0.1) is 0 Å². The molecule has 2 aromatic heterocycles. The molecule has 1 aliphatic carbocycles. The summed E-state index contributed by atoms with van der Waals surface area (Å²) in [6.45, 7) is 4.42. The van der Waals surface area contributed by atoms with Gasteiger partial charge in [0.2, 0.25) is 5.91 Å². The van der Waals surface area contributed by atoms with Gasteiger partial charge in [-0.05, 0) is 64.0 Å². The fourth-order valence-corrected chi connectivity index (χ4v) is 7.26. The van der Waals surface area contributed by atoms with E-state index >= 15 is 0 Å². The van der Waals surface area contributed by atoms with Gasteiger partial charge in [0, 0.05) is 17.1 Å². The highest BCUT2D eigenvalue weighted by atomic mass is 32.3. The van der Waals surface area contributed by atoms with Gasteiger partial charge >= 0.3 is 6.03 Å². The highest BCUT2D eigenvalue weighted by Crippen LogP contribution is 2.60. The number of carbonyl (C=O) groups excluding carboxylic acids is 2. The van der Waals surface area contributed by atoms with E-state index in [2.05, 4.69) is 34.3 Å². The first-order chi connectivity index (χ1) is 15.1. The summed E-state index contributed by atoms with van der Waals surface area (Å²) in [4.78, 5) is 28.7. The van der Waals surface area contributed by atoms with Crippen LogP contribution in [0.5, 0.6) is 0 Å². The van der Waals surface area contributed by atoms with Gasteiger partial charge in [-0.25, -0.2) is 14.8 Å². The zero-order valence-electron chi connectivity index (χ0n) is 19.4. The van der Waals surface area contributed by atoms with Gasteiger partial charge in [-0.1, -0.05) is 18.2 Å². The van der Waals surface area contributed by atoms with Crippen LogP contribution in [0.25, 0.3) is 10.9 Å². The van der Waals surface area contributed by atoms with Crippen molar-refractivity contribution >= 4 is 38.7 Å². The second-order valence-electron chi connectivity index (χ2n) is 10.2. The molecular weight excluding hydrogens is 422 g/mol. The number of fused-ring (bicyclic) bond motifs is 2. The number of anilines is 1. The van der Waals surface area contributed by atoms with Gasteiger partial charge in [-0.3, -0.25) is 14.5 Å².